The Labute approximate surface area is 133 Å². The number of benzene rings is 1. The van der Waals surface area contributed by atoms with Crippen molar-refractivity contribution in [3.8, 4) is 0 Å². The zero-order valence-electron chi connectivity index (χ0n) is 13.2. The predicted molar refractivity (Wildman–Crippen MR) is 88.3 cm³/mol. The Bertz CT molecular complexity index is 449. The van der Waals surface area contributed by atoms with Crippen molar-refractivity contribution in [1.29, 1.82) is 0 Å². The summed E-state index contributed by atoms with van der Waals surface area (Å²) >= 11 is 6.21. The van der Waals surface area contributed by atoms with E-state index in [2.05, 4.69) is 19.2 Å². The molecule has 1 aliphatic rings. The summed E-state index contributed by atoms with van der Waals surface area (Å²) in [5, 5.41) is 4.20. The third-order valence-corrected chi connectivity index (χ3v) is 5.10. The van der Waals surface area contributed by atoms with Gasteiger partial charge in [0.25, 0.3) is 0 Å². The van der Waals surface area contributed by atoms with Gasteiger partial charge in [0, 0.05) is 11.1 Å². The molecule has 1 saturated carbocycles. The molecule has 1 N–H and O–H groups in total. The Balaban J connectivity index is 2.07. The summed E-state index contributed by atoms with van der Waals surface area (Å²) in [6.07, 6.45) is 7.39. The van der Waals surface area contributed by atoms with Gasteiger partial charge in [-0.05, 0) is 61.8 Å². The molecule has 118 valence electrons. The summed E-state index contributed by atoms with van der Waals surface area (Å²) in [5.74, 6) is 1.20. The standard InChI is InChI=1S/C18H27ClFN/c1-3-5-13-6-9-18(21-4-2)15(10-13)11-14-7-8-16(20)12-17(14)19/h7-8,12-13,15,18,21H,3-6,9-11H2,1-2H3. The number of hydrogen-bond donors (Lipinski definition) is 1. The first-order chi connectivity index (χ1) is 10.1. The molecule has 3 atom stereocenters. The molecule has 0 heterocycles. The summed E-state index contributed by atoms with van der Waals surface area (Å²) in [4.78, 5) is 0. The molecule has 21 heavy (non-hydrogen) atoms. The molecule has 1 aromatic carbocycles. The van der Waals surface area contributed by atoms with Gasteiger partial charge >= 0.3 is 0 Å². The van der Waals surface area contributed by atoms with E-state index in [0.29, 0.717) is 17.0 Å². The van der Waals surface area contributed by atoms with Crippen molar-refractivity contribution < 1.29 is 4.39 Å². The lowest BCUT2D eigenvalue weighted by Crippen LogP contribution is -2.41. The molecule has 3 unspecified atom stereocenters. The van der Waals surface area contributed by atoms with E-state index in [1.165, 1.54) is 44.2 Å². The van der Waals surface area contributed by atoms with Gasteiger partial charge in [-0.1, -0.05) is 44.4 Å². The smallest absolute Gasteiger partial charge is 0.124 e. The molecule has 0 spiro atoms. The highest BCUT2D eigenvalue weighted by Gasteiger charge is 2.30. The Hall–Kier alpha value is -0.600. The zero-order valence-corrected chi connectivity index (χ0v) is 13.9. The fourth-order valence-corrected chi connectivity index (χ4v) is 4.00. The molecular formula is C18H27ClFN. The maximum atomic E-state index is 13.2. The molecule has 0 amide bonds. The first-order valence-corrected chi connectivity index (χ1v) is 8.69. The van der Waals surface area contributed by atoms with Crippen LogP contribution in [0.25, 0.3) is 0 Å². The summed E-state index contributed by atoms with van der Waals surface area (Å²) in [7, 11) is 0. The Morgan fingerprint density at radius 1 is 1.29 bits per heavy atom. The molecule has 3 heteroatoms. The predicted octanol–water partition coefficient (Wildman–Crippen LogP) is 5.22. The van der Waals surface area contributed by atoms with Crippen molar-refractivity contribution in [1.82, 2.24) is 5.32 Å². The van der Waals surface area contributed by atoms with Gasteiger partial charge in [-0.3, -0.25) is 0 Å². The zero-order chi connectivity index (χ0) is 15.2. The minimum absolute atomic E-state index is 0.250. The Morgan fingerprint density at radius 2 is 2.10 bits per heavy atom. The van der Waals surface area contributed by atoms with Crippen molar-refractivity contribution in [2.75, 3.05) is 6.54 Å². The summed E-state index contributed by atoms with van der Waals surface area (Å²) in [6, 6.07) is 5.38. The van der Waals surface area contributed by atoms with E-state index in [0.717, 1.165) is 24.4 Å². The van der Waals surface area contributed by atoms with E-state index in [-0.39, 0.29) is 5.82 Å². The van der Waals surface area contributed by atoms with Gasteiger partial charge in [0.1, 0.15) is 5.82 Å². The van der Waals surface area contributed by atoms with Gasteiger partial charge in [-0.2, -0.15) is 0 Å². The lowest BCUT2D eigenvalue weighted by atomic mass is 9.74. The first-order valence-electron chi connectivity index (χ1n) is 8.31. The fraction of sp³-hybridized carbons (Fsp3) is 0.667. The number of halogens is 2. The van der Waals surface area contributed by atoms with Gasteiger partial charge < -0.3 is 5.32 Å². The highest BCUT2D eigenvalue weighted by Crippen LogP contribution is 2.35. The molecule has 0 radical (unpaired) electrons. The highest BCUT2D eigenvalue weighted by atomic mass is 35.5. The SMILES string of the molecule is CCCC1CCC(NCC)C(Cc2ccc(F)cc2Cl)C1. The Morgan fingerprint density at radius 3 is 2.76 bits per heavy atom. The third kappa shape index (κ3) is 4.69. The normalized spacial score (nSPS) is 26.0. The van der Waals surface area contributed by atoms with Crippen molar-refractivity contribution in [2.24, 2.45) is 11.8 Å². The van der Waals surface area contributed by atoms with Gasteiger partial charge in [-0.15, -0.1) is 0 Å². The van der Waals surface area contributed by atoms with Crippen LogP contribution < -0.4 is 5.32 Å². The molecule has 0 saturated heterocycles. The van der Waals surface area contributed by atoms with Crippen LogP contribution in [0.1, 0.15) is 51.5 Å². The highest BCUT2D eigenvalue weighted by molar-refractivity contribution is 6.31. The lowest BCUT2D eigenvalue weighted by molar-refractivity contribution is 0.195. The molecule has 1 nitrogen and oxygen atoms in total. The molecular weight excluding hydrogens is 285 g/mol. The second kappa shape index (κ2) is 8.14. The number of hydrogen-bond acceptors (Lipinski definition) is 1. The van der Waals surface area contributed by atoms with E-state index >= 15 is 0 Å². The maximum Gasteiger partial charge on any atom is 0.124 e. The molecule has 1 aliphatic carbocycles. The second-order valence-corrected chi connectivity index (χ2v) is 6.74. The quantitative estimate of drug-likeness (QED) is 0.760. The average Bonchev–Trinajstić information content (AvgIpc) is 2.45. The van der Waals surface area contributed by atoms with Crippen LogP contribution in [0.15, 0.2) is 18.2 Å². The van der Waals surface area contributed by atoms with Crippen molar-refractivity contribution in [3.05, 3.63) is 34.6 Å². The molecule has 1 fully saturated rings. The van der Waals surface area contributed by atoms with E-state index in [1.54, 1.807) is 0 Å². The molecule has 0 bridgehead atoms. The van der Waals surface area contributed by atoms with Crippen LogP contribution in [0.2, 0.25) is 5.02 Å². The van der Waals surface area contributed by atoms with Crippen LogP contribution in [0.4, 0.5) is 4.39 Å². The number of rotatable bonds is 6. The van der Waals surface area contributed by atoms with Gasteiger partial charge in [-0.25, -0.2) is 4.39 Å². The van der Waals surface area contributed by atoms with Crippen LogP contribution in [-0.2, 0) is 6.42 Å². The summed E-state index contributed by atoms with van der Waals surface area (Å²) in [5.41, 5.74) is 1.09. The lowest BCUT2D eigenvalue weighted by Gasteiger charge is -2.37. The van der Waals surface area contributed by atoms with Crippen LogP contribution in [0.3, 0.4) is 0 Å². The summed E-state index contributed by atoms with van der Waals surface area (Å²) in [6.45, 7) is 5.44. The fourth-order valence-electron chi connectivity index (χ4n) is 3.76. The number of nitrogens with one attached hydrogen (secondary N) is 1. The van der Waals surface area contributed by atoms with E-state index in [1.807, 2.05) is 6.07 Å². The van der Waals surface area contributed by atoms with E-state index in [9.17, 15) is 4.39 Å². The average molecular weight is 312 g/mol. The Kier molecular flexibility index (Phi) is 6.50. The topological polar surface area (TPSA) is 12.0 Å². The summed E-state index contributed by atoms with van der Waals surface area (Å²) < 4.78 is 13.2. The maximum absolute atomic E-state index is 13.2. The third-order valence-electron chi connectivity index (χ3n) is 4.75. The van der Waals surface area contributed by atoms with Crippen molar-refractivity contribution >= 4 is 11.6 Å². The minimum atomic E-state index is -0.250. The molecule has 0 aromatic heterocycles. The molecule has 2 rings (SSSR count). The van der Waals surface area contributed by atoms with Crippen molar-refractivity contribution in [3.63, 3.8) is 0 Å². The minimum Gasteiger partial charge on any atom is -0.314 e. The monoisotopic (exact) mass is 311 g/mol. The largest absolute Gasteiger partial charge is 0.314 e. The van der Waals surface area contributed by atoms with Gasteiger partial charge in [0.15, 0.2) is 0 Å². The van der Waals surface area contributed by atoms with Gasteiger partial charge in [0.05, 0.1) is 0 Å². The van der Waals surface area contributed by atoms with Crippen LogP contribution >= 0.6 is 11.6 Å². The van der Waals surface area contributed by atoms with Crippen molar-refractivity contribution in [2.45, 2.75) is 58.4 Å². The van der Waals surface area contributed by atoms with E-state index in [4.69, 9.17) is 11.6 Å². The van der Waals surface area contributed by atoms with Crippen LogP contribution in [0, 0.1) is 17.7 Å². The second-order valence-electron chi connectivity index (χ2n) is 6.33. The first kappa shape index (κ1) is 16.8. The molecule has 0 aliphatic heterocycles. The van der Waals surface area contributed by atoms with Crippen LogP contribution in [-0.4, -0.2) is 12.6 Å². The van der Waals surface area contributed by atoms with E-state index < -0.39 is 0 Å². The van der Waals surface area contributed by atoms with Crippen LogP contribution in [0.5, 0.6) is 0 Å². The van der Waals surface area contributed by atoms with Gasteiger partial charge in [0.2, 0.25) is 0 Å². The molecule has 1 aromatic rings.